The van der Waals surface area contributed by atoms with Crippen molar-refractivity contribution in [3.8, 4) is 0 Å². The topological polar surface area (TPSA) is 157 Å². The number of aliphatic hydroxyl groups excluding tert-OH is 1. The molecule has 0 rings (SSSR count). The summed E-state index contributed by atoms with van der Waals surface area (Å²) in [6.45, 7) is 0.315. The molecule has 0 heterocycles. The lowest BCUT2D eigenvalue weighted by Crippen LogP contribution is -2.36. The van der Waals surface area contributed by atoms with Crippen LogP contribution in [0.5, 0.6) is 0 Å². The van der Waals surface area contributed by atoms with Crippen LogP contribution in [0.25, 0.3) is 0 Å². The van der Waals surface area contributed by atoms with Gasteiger partial charge in [-0.3, -0.25) is 4.79 Å². The van der Waals surface area contributed by atoms with Gasteiger partial charge in [0, 0.05) is 6.54 Å². The third kappa shape index (κ3) is 10.4. The van der Waals surface area contributed by atoms with Gasteiger partial charge in [-0.1, -0.05) is 5.43 Å². The molecule has 17 heavy (non-hydrogen) atoms. The molecule has 1 atom stereocenters. The Morgan fingerprint density at radius 1 is 1.47 bits per heavy atom. The molecule has 1 amide bonds. The minimum absolute atomic E-state index is 0.0612. The van der Waals surface area contributed by atoms with Crippen LogP contribution >= 0.6 is 0 Å². The highest BCUT2D eigenvalue weighted by molar-refractivity contribution is 5.76. The number of amides is 1. The molecule has 0 aliphatic heterocycles. The van der Waals surface area contributed by atoms with E-state index in [0.717, 1.165) is 0 Å². The summed E-state index contributed by atoms with van der Waals surface area (Å²) < 4.78 is 0. The summed E-state index contributed by atoms with van der Waals surface area (Å²) in [5.41, 5.74) is 11.8. The molecule has 6 N–H and O–H groups in total. The van der Waals surface area contributed by atoms with Crippen molar-refractivity contribution in [2.45, 2.75) is 31.8 Å². The van der Waals surface area contributed by atoms with Gasteiger partial charge >= 0.3 is 0 Å². The van der Waals surface area contributed by atoms with E-state index in [1.807, 2.05) is 0 Å². The average Bonchev–Trinajstić information content (AvgIpc) is 2.14. The molecular weight excluding hydrogens is 230 g/mol. The Morgan fingerprint density at radius 2 is 2.12 bits per heavy atom. The summed E-state index contributed by atoms with van der Waals surface area (Å²) in [6.07, 6.45) is 0.861. The quantitative estimate of drug-likeness (QED) is 0.134. The standard InChI is InChI=1S/C8H17N5O4/c9-7(15)5-6(14)3-1-2-4-11-8(10)12-13(16)17/h6,14H,1-5H2,(H2,9,15)(H3,10,11,12). The van der Waals surface area contributed by atoms with Crippen LogP contribution < -0.4 is 16.9 Å². The maximum Gasteiger partial charge on any atom is 0.251 e. The van der Waals surface area contributed by atoms with Crippen LogP contribution in [-0.2, 0) is 4.79 Å². The first-order valence-corrected chi connectivity index (χ1v) is 5.09. The number of primary amides is 1. The van der Waals surface area contributed by atoms with Crippen molar-refractivity contribution >= 4 is 11.9 Å². The number of hydrazine groups is 1. The van der Waals surface area contributed by atoms with Crippen LogP contribution in [0.1, 0.15) is 25.7 Å². The molecule has 0 fully saturated rings. The number of rotatable bonds is 8. The smallest absolute Gasteiger partial charge is 0.251 e. The van der Waals surface area contributed by atoms with E-state index in [0.29, 0.717) is 25.8 Å². The van der Waals surface area contributed by atoms with Crippen molar-refractivity contribution in [1.29, 1.82) is 0 Å². The Hall–Kier alpha value is -1.90. The van der Waals surface area contributed by atoms with E-state index in [-0.39, 0.29) is 12.4 Å². The van der Waals surface area contributed by atoms with Crippen LogP contribution in [0.2, 0.25) is 0 Å². The number of nitro groups is 1. The van der Waals surface area contributed by atoms with Crippen molar-refractivity contribution < 1.29 is 14.9 Å². The summed E-state index contributed by atoms with van der Waals surface area (Å²) in [4.78, 5) is 24.1. The molecular formula is C8H17N5O4. The minimum atomic E-state index is -0.796. The highest BCUT2D eigenvalue weighted by atomic mass is 16.7. The van der Waals surface area contributed by atoms with Crippen molar-refractivity contribution in [1.82, 2.24) is 5.43 Å². The summed E-state index contributed by atoms with van der Waals surface area (Å²) >= 11 is 0. The Labute approximate surface area is 98.0 Å². The maximum absolute atomic E-state index is 10.4. The van der Waals surface area contributed by atoms with E-state index in [1.165, 1.54) is 0 Å². The fraction of sp³-hybridized carbons (Fsp3) is 0.750. The van der Waals surface area contributed by atoms with Crippen LogP contribution in [0.3, 0.4) is 0 Å². The minimum Gasteiger partial charge on any atom is -0.393 e. The molecule has 0 radical (unpaired) electrons. The van der Waals surface area contributed by atoms with E-state index < -0.39 is 17.0 Å². The van der Waals surface area contributed by atoms with E-state index in [2.05, 4.69) is 4.99 Å². The monoisotopic (exact) mass is 247 g/mol. The molecule has 0 aromatic rings. The van der Waals surface area contributed by atoms with Gasteiger partial charge in [0.25, 0.3) is 5.96 Å². The zero-order valence-corrected chi connectivity index (χ0v) is 9.33. The number of unbranched alkanes of at least 4 members (excludes halogenated alkanes) is 1. The van der Waals surface area contributed by atoms with Crippen molar-refractivity contribution in [3.05, 3.63) is 10.1 Å². The first-order valence-electron chi connectivity index (χ1n) is 5.09. The lowest BCUT2D eigenvalue weighted by molar-refractivity contribution is -0.525. The van der Waals surface area contributed by atoms with Crippen molar-refractivity contribution in [2.75, 3.05) is 6.54 Å². The number of nitrogens with one attached hydrogen (secondary N) is 1. The molecule has 0 aliphatic carbocycles. The number of hydrogen-bond acceptors (Lipinski definition) is 5. The van der Waals surface area contributed by atoms with Crippen LogP contribution in [0.15, 0.2) is 4.99 Å². The second-order valence-corrected chi connectivity index (χ2v) is 3.46. The van der Waals surface area contributed by atoms with E-state index >= 15 is 0 Å². The third-order valence-electron chi connectivity index (χ3n) is 1.87. The summed E-state index contributed by atoms with van der Waals surface area (Å²) in [5.74, 6) is -0.803. The summed E-state index contributed by atoms with van der Waals surface area (Å²) in [6, 6.07) is 0. The zero-order chi connectivity index (χ0) is 13.3. The van der Waals surface area contributed by atoms with Gasteiger partial charge in [0.05, 0.1) is 12.5 Å². The van der Waals surface area contributed by atoms with Gasteiger partial charge in [-0.15, -0.1) is 0 Å². The van der Waals surface area contributed by atoms with Gasteiger partial charge in [-0.25, -0.2) is 15.1 Å². The SMILES string of the molecule is NC(=O)CC(O)CCCCN=C(N)N[N+](=O)[O-]. The molecule has 0 aromatic carbocycles. The predicted octanol–water partition coefficient (Wildman–Crippen LogP) is -1.51. The van der Waals surface area contributed by atoms with Crippen LogP contribution in [0.4, 0.5) is 0 Å². The highest BCUT2D eigenvalue weighted by Gasteiger charge is 2.07. The molecule has 0 bridgehead atoms. The molecule has 0 saturated heterocycles. The fourth-order valence-electron chi connectivity index (χ4n) is 1.15. The molecule has 9 heteroatoms. The number of nitrogens with two attached hydrogens (primary N) is 2. The largest absolute Gasteiger partial charge is 0.393 e. The van der Waals surface area contributed by atoms with E-state index in [9.17, 15) is 20.0 Å². The van der Waals surface area contributed by atoms with E-state index in [4.69, 9.17) is 11.5 Å². The summed E-state index contributed by atoms with van der Waals surface area (Å²) in [5, 5.41) is 18.4. The van der Waals surface area contributed by atoms with Gasteiger partial charge in [-0.05, 0) is 19.3 Å². The number of aliphatic imine (C=N–C) groups is 1. The van der Waals surface area contributed by atoms with Gasteiger partial charge in [0.1, 0.15) is 0 Å². The lowest BCUT2D eigenvalue weighted by atomic mass is 10.1. The lowest BCUT2D eigenvalue weighted by Gasteiger charge is -2.06. The molecule has 0 aromatic heterocycles. The number of hydrogen-bond donors (Lipinski definition) is 4. The highest BCUT2D eigenvalue weighted by Crippen LogP contribution is 2.04. The first kappa shape index (κ1) is 15.1. The van der Waals surface area contributed by atoms with Gasteiger partial charge in [0.2, 0.25) is 5.91 Å². The first-order chi connectivity index (χ1) is 7.91. The zero-order valence-electron chi connectivity index (χ0n) is 9.33. The van der Waals surface area contributed by atoms with Gasteiger partial charge in [0.15, 0.2) is 5.03 Å². The molecule has 0 saturated carbocycles. The molecule has 0 spiro atoms. The Balaban J connectivity index is 3.58. The molecule has 98 valence electrons. The van der Waals surface area contributed by atoms with Crippen LogP contribution in [0, 0.1) is 10.1 Å². The fourth-order valence-corrected chi connectivity index (χ4v) is 1.15. The van der Waals surface area contributed by atoms with E-state index in [1.54, 1.807) is 5.43 Å². The predicted molar refractivity (Wildman–Crippen MR) is 60.3 cm³/mol. The number of aliphatic hydroxyl groups is 1. The maximum atomic E-state index is 10.4. The Morgan fingerprint density at radius 3 is 2.65 bits per heavy atom. The Kier molecular flexibility index (Phi) is 7.35. The second kappa shape index (κ2) is 8.28. The number of carbonyl (C=O) groups excluding carboxylic acids is 1. The molecule has 9 nitrogen and oxygen atoms in total. The molecule has 0 aliphatic rings. The van der Waals surface area contributed by atoms with Gasteiger partial charge in [-0.2, -0.15) is 0 Å². The molecule has 1 unspecified atom stereocenters. The summed E-state index contributed by atoms with van der Waals surface area (Å²) in [7, 11) is 0. The third-order valence-corrected chi connectivity index (χ3v) is 1.87. The van der Waals surface area contributed by atoms with Crippen molar-refractivity contribution in [2.24, 2.45) is 16.5 Å². The second-order valence-electron chi connectivity index (χ2n) is 3.46. The van der Waals surface area contributed by atoms with Crippen LogP contribution in [-0.4, -0.2) is 34.7 Å². The number of guanidine groups is 1. The number of nitrogens with zero attached hydrogens (tertiary/aromatic N) is 2. The Bertz CT molecular complexity index is 294. The normalized spacial score (nSPS) is 13.1. The average molecular weight is 247 g/mol. The van der Waals surface area contributed by atoms with Gasteiger partial charge < -0.3 is 16.6 Å². The number of carbonyl (C=O) groups is 1. The van der Waals surface area contributed by atoms with Crippen molar-refractivity contribution in [3.63, 3.8) is 0 Å².